The minimum Gasteiger partial charge on any atom is -0.493 e. The van der Waals surface area contributed by atoms with Crippen LogP contribution in [0.15, 0.2) is 42.5 Å². The van der Waals surface area contributed by atoms with Gasteiger partial charge in [0.15, 0.2) is 11.5 Å². The zero-order chi connectivity index (χ0) is 21.3. The van der Waals surface area contributed by atoms with Crippen LogP contribution in [0.4, 0.5) is 0 Å². The molecule has 0 saturated heterocycles. The molecule has 5 nitrogen and oxygen atoms in total. The molecule has 0 radical (unpaired) electrons. The third-order valence-electron chi connectivity index (χ3n) is 5.46. The monoisotopic (exact) mass is 403 g/mol. The highest BCUT2D eigenvalue weighted by atomic mass is 16.5. The molecule has 1 N–H and O–H groups in total. The maximum absolute atomic E-state index is 12.2. The molecule has 1 unspecified atom stereocenters. The van der Waals surface area contributed by atoms with Gasteiger partial charge in [0.25, 0.3) is 0 Å². The van der Waals surface area contributed by atoms with Gasteiger partial charge in [-0.1, -0.05) is 31.2 Å². The first-order valence-electron chi connectivity index (χ1n) is 10.2. The molecule has 1 aliphatic carbocycles. The molecule has 5 heteroatoms. The van der Waals surface area contributed by atoms with Gasteiger partial charge in [-0.15, -0.1) is 0 Å². The van der Waals surface area contributed by atoms with E-state index < -0.39 is 5.97 Å². The summed E-state index contributed by atoms with van der Waals surface area (Å²) in [5, 5.41) is 10.7. The number of hydrogen-bond donors (Lipinski definition) is 1. The number of pyridine rings is 1. The van der Waals surface area contributed by atoms with Crippen LogP contribution in [-0.4, -0.2) is 29.8 Å². The number of carboxylic acids is 1. The molecule has 1 atom stereocenters. The quantitative estimate of drug-likeness (QED) is 0.612. The summed E-state index contributed by atoms with van der Waals surface area (Å²) in [5.74, 6) is 0.806. The van der Waals surface area contributed by atoms with E-state index in [9.17, 15) is 9.90 Å². The van der Waals surface area contributed by atoms with Crippen molar-refractivity contribution < 1.29 is 19.4 Å². The van der Waals surface area contributed by atoms with Crippen molar-refractivity contribution in [1.29, 1.82) is 0 Å². The number of fused-ring (bicyclic) bond motifs is 2. The summed E-state index contributed by atoms with van der Waals surface area (Å²) in [6.45, 7) is 4.63. The highest BCUT2D eigenvalue weighted by Gasteiger charge is 2.28. The smallest absolute Gasteiger partial charge is 0.336 e. The third kappa shape index (κ3) is 3.63. The lowest BCUT2D eigenvalue weighted by atomic mass is 9.80. The molecule has 2 aromatic carbocycles. The number of carbonyl (C=O) groups is 1. The summed E-state index contributed by atoms with van der Waals surface area (Å²) in [6, 6.07) is 13.3. The van der Waals surface area contributed by atoms with Crippen molar-refractivity contribution in [2.75, 3.05) is 13.7 Å². The van der Waals surface area contributed by atoms with Gasteiger partial charge in [0.2, 0.25) is 0 Å². The molecule has 0 fully saturated rings. The fourth-order valence-electron chi connectivity index (χ4n) is 4.23. The lowest BCUT2D eigenvalue weighted by Gasteiger charge is -2.26. The van der Waals surface area contributed by atoms with Crippen molar-refractivity contribution in [3.8, 4) is 11.5 Å². The Kier molecular flexibility index (Phi) is 5.44. The summed E-state index contributed by atoms with van der Waals surface area (Å²) in [4.78, 5) is 17.0. The second-order valence-corrected chi connectivity index (χ2v) is 7.66. The van der Waals surface area contributed by atoms with Gasteiger partial charge in [-0.2, -0.15) is 0 Å². The van der Waals surface area contributed by atoms with Crippen LogP contribution in [0.2, 0.25) is 0 Å². The Morgan fingerprint density at radius 3 is 2.73 bits per heavy atom. The highest BCUT2D eigenvalue weighted by molar-refractivity contribution is 6.05. The predicted octanol–water partition coefficient (Wildman–Crippen LogP) is 5.46. The molecule has 1 heterocycles. The number of nitrogens with zero attached hydrogens (tertiary/aromatic N) is 1. The normalized spacial score (nSPS) is 17.0. The lowest BCUT2D eigenvalue weighted by molar-refractivity contribution is 0.0697. The average molecular weight is 403 g/mol. The van der Waals surface area contributed by atoms with Crippen molar-refractivity contribution in [3.63, 3.8) is 0 Å². The molecule has 30 heavy (non-hydrogen) atoms. The van der Waals surface area contributed by atoms with Crippen LogP contribution in [0.3, 0.4) is 0 Å². The first-order chi connectivity index (χ1) is 14.5. The number of ether oxygens (including phenoxy) is 2. The van der Waals surface area contributed by atoms with Gasteiger partial charge in [0, 0.05) is 5.39 Å². The van der Waals surface area contributed by atoms with Crippen molar-refractivity contribution in [2.24, 2.45) is 5.92 Å². The van der Waals surface area contributed by atoms with Crippen LogP contribution in [0.5, 0.6) is 11.5 Å². The Morgan fingerprint density at radius 1 is 1.20 bits per heavy atom. The molecule has 0 bridgehead atoms. The third-order valence-corrected chi connectivity index (χ3v) is 5.46. The molecule has 1 aliphatic rings. The van der Waals surface area contributed by atoms with Gasteiger partial charge < -0.3 is 14.6 Å². The maximum atomic E-state index is 12.2. The number of carboxylic acid groups (broad SMARTS) is 1. The number of hydrogen-bond acceptors (Lipinski definition) is 4. The Balaban J connectivity index is 1.90. The number of para-hydroxylation sites is 1. The van der Waals surface area contributed by atoms with E-state index in [4.69, 9.17) is 14.5 Å². The molecule has 1 aromatic heterocycles. The van der Waals surface area contributed by atoms with Crippen molar-refractivity contribution in [3.05, 3.63) is 64.8 Å². The Bertz CT molecular complexity index is 1150. The maximum Gasteiger partial charge on any atom is 0.336 e. The van der Waals surface area contributed by atoms with Gasteiger partial charge in [-0.25, -0.2) is 9.78 Å². The number of benzene rings is 2. The number of aromatic nitrogens is 1. The second-order valence-electron chi connectivity index (χ2n) is 7.66. The number of allylic oxidation sites excluding steroid dienone is 1. The number of aromatic carboxylic acids is 1. The van der Waals surface area contributed by atoms with E-state index >= 15 is 0 Å². The SMILES string of the molecule is CCOc1cc(/C=C2/CC(C)Cc3c2nc2ccccc2c3C(=O)O)ccc1OC. The van der Waals surface area contributed by atoms with E-state index in [0.717, 1.165) is 28.8 Å². The fourth-order valence-corrected chi connectivity index (χ4v) is 4.23. The van der Waals surface area contributed by atoms with E-state index in [0.29, 0.717) is 46.9 Å². The van der Waals surface area contributed by atoms with Crippen LogP contribution in [0.25, 0.3) is 22.6 Å². The molecular weight excluding hydrogens is 378 g/mol. The summed E-state index contributed by atoms with van der Waals surface area (Å²) in [5.41, 5.74) is 4.71. The van der Waals surface area contributed by atoms with E-state index in [-0.39, 0.29) is 0 Å². The molecule has 0 saturated carbocycles. The number of methoxy groups -OCH3 is 1. The molecule has 0 aliphatic heterocycles. The predicted molar refractivity (Wildman–Crippen MR) is 118 cm³/mol. The van der Waals surface area contributed by atoms with Gasteiger partial charge in [0.05, 0.1) is 30.5 Å². The van der Waals surface area contributed by atoms with Gasteiger partial charge in [0.1, 0.15) is 0 Å². The molecule has 3 aromatic rings. The van der Waals surface area contributed by atoms with Crippen LogP contribution in [0, 0.1) is 5.92 Å². The molecule has 154 valence electrons. The topological polar surface area (TPSA) is 68.7 Å². The van der Waals surface area contributed by atoms with E-state index in [2.05, 4.69) is 13.0 Å². The summed E-state index contributed by atoms with van der Waals surface area (Å²) in [6.07, 6.45) is 3.64. The van der Waals surface area contributed by atoms with Crippen LogP contribution >= 0.6 is 0 Å². The summed E-state index contributed by atoms with van der Waals surface area (Å²) in [7, 11) is 1.62. The highest BCUT2D eigenvalue weighted by Crippen LogP contribution is 2.39. The van der Waals surface area contributed by atoms with Crippen LogP contribution < -0.4 is 9.47 Å². The van der Waals surface area contributed by atoms with Crippen molar-refractivity contribution >= 4 is 28.5 Å². The summed E-state index contributed by atoms with van der Waals surface area (Å²) >= 11 is 0. The fraction of sp³-hybridized carbons (Fsp3) is 0.280. The molecule has 4 rings (SSSR count). The Morgan fingerprint density at radius 2 is 2.00 bits per heavy atom. The van der Waals surface area contributed by atoms with Crippen LogP contribution in [0.1, 0.15) is 47.4 Å². The Labute approximate surface area is 176 Å². The van der Waals surface area contributed by atoms with Gasteiger partial charge in [-0.3, -0.25) is 0 Å². The minimum atomic E-state index is -0.902. The average Bonchev–Trinajstić information content (AvgIpc) is 2.72. The summed E-state index contributed by atoms with van der Waals surface area (Å²) < 4.78 is 11.1. The van der Waals surface area contributed by atoms with E-state index in [1.54, 1.807) is 7.11 Å². The van der Waals surface area contributed by atoms with Crippen molar-refractivity contribution in [1.82, 2.24) is 4.98 Å². The standard InChI is InChI=1S/C25H25NO4/c1-4-30-22-14-16(9-10-21(22)29-3)13-17-11-15(2)12-19-23(25(27)28)18-7-5-6-8-20(18)26-24(17)19/h5-10,13-15H,4,11-12H2,1-3H3,(H,27,28)/b17-13-. The molecule has 0 spiro atoms. The first kappa shape index (κ1) is 20.0. The molecule has 0 amide bonds. The lowest BCUT2D eigenvalue weighted by Crippen LogP contribution is -2.17. The first-order valence-corrected chi connectivity index (χ1v) is 10.2. The zero-order valence-corrected chi connectivity index (χ0v) is 17.4. The largest absolute Gasteiger partial charge is 0.493 e. The van der Waals surface area contributed by atoms with Gasteiger partial charge >= 0.3 is 5.97 Å². The van der Waals surface area contributed by atoms with Crippen LogP contribution in [-0.2, 0) is 6.42 Å². The van der Waals surface area contributed by atoms with Crippen molar-refractivity contribution in [2.45, 2.75) is 26.7 Å². The minimum absolute atomic E-state index is 0.328. The number of rotatable bonds is 5. The zero-order valence-electron chi connectivity index (χ0n) is 17.4. The van der Waals surface area contributed by atoms with E-state index in [1.165, 1.54) is 0 Å². The Hall–Kier alpha value is -3.34. The molecular formula is C25H25NO4. The van der Waals surface area contributed by atoms with Gasteiger partial charge in [-0.05, 0) is 66.7 Å². The van der Waals surface area contributed by atoms with E-state index in [1.807, 2.05) is 49.4 Å². The second kappa shape index (κ2) is 8.19.